The molecular formula is C14H19N3O4. The first-order chi connectivity index (χ1) is 9.81. The third-order valence-corrected chi connectivity index (χ3v) is 3.00. The Labute approximate surface area is 122 Å². The van der Waals surface area contributed by atoms with E-state index >= 15 is 0 Å². The van der Waals surface area contributed by atoms with E-state index in [1.807, 2.05) is 19.1 Å². The number of anilines is 1. The zero-order valence-electron chi connectivity index (χ0n) is 12.0. The van der Waals surface area contributed by atoms with Crippen LogP contribution in [0.4, 0.5) is 10.5 Å². The van der Waals surface area contributed by atoms with Crippen LogP contribution in [0.2, 0.25) is 0 Å². The number of carbonyl (C=O) groups excluding carboxylic acids is 2. The number of carbonyl (C=O) groups is 3. The van der Waals surface area contributed by atoms with E-state index in [-0.39, 0.29) is 12.8 Å². The highest BCUT2D eigenvalue weighted by atomic mass is 16.4. The summed E-state index contributed by atoms with van der Waals surface area (Å²) in [6.45, 7) is 1.92. The van der Waals surface area contributed by atoms with Crippen molar-refractivity contribution in [3.05, 3.63) is 29.8 Å². The smallest absolute Gasteiger partial charge is 0.326 e. The molecule has 21 heavy (non-hydrogen) atoms. The lowest BCUT2D eigenvalue weighted by Crippen LogP contribution is -2.47. The van der Waals surface area contributed by atoms with Gasteiger partial charge in [-0.25, -0.2) is 9.59 Å². The molecule has 0 fully saturated rings. The Morgan fingerprint density at radius 3 is 2.33 bits per heavy atom. The number of nitrogens with one attached hydrogen (secondary N) is 1. The Morgan fingerprint density at radius 2 is 1.86 bits per heavy atom. The number of amides is 3. The van der Waals surface area contributed by atoms with E-state index in [0.717, 1.165) is 5.56 Å². The number of rotatable bonds is 6. The van der Waals surface area contributed by atoms with E-state index < -0.39 is 23.9 Å². The molecule has 0 aromatic heterocycles. The lowest BCUT2D eigenvalue weighted by atomic mass is 10.1. The fraction of sp³-hybridized carbons (Fsp3) is 0.357. The molecule has 7 nitrogen and oxygen atoms in total. The van der Waals surface area contributed by atoms with E-state index in [1.165, 1.54) is 11.9 Å². The summed E-state index contributed by atoms with van der Waals surface area (Å²) in [5.41, 5.74) is 6.67. The van der Waals surface area contributed by atoms with E-state index in [1.54, 1.807) is 12.1 Å². The van der Waals surface area contributed by atoms with E-state index in [4.69, 9.17) is 10.8 Å². The van der Waals surface area contributed by atoms with Gasteiger partial charge in [-0.05, 0) is 25.5 Å². The van der Waals surface area contributed by atoms with Crippen LogP contribution in [0.15, 0.2) is 24.3 Å². The molecule has 1 atom stereocenters. The second kappa shape index (κ2) is 7.28. The van der Waals surface area contributed by atoms with Crippen LogP contribution >= 0.6 is 0 Å². The average Bonchev–Trinajstić information content (AvgIpc) is 2.42. The monoisotopic (exact) mass is 293 g/mol. The van der Waals surface area contributed by atoms with Gasteiger partial charge in [0.1, 0.15) is 6.04 Å². The average molecular weight is 293 g/mol. The first-order valence-electron chi connectivity index (χ1n) is 6.43. The maximum absolute atomic E-state index is 12.0. The summed E-state index contributed by atoms with van der Waals surface area (Å²) in [6.07, 6.45) is -0.149. The van der Waals surface area contributed by atoms with Gasteiger partial charge in [-0.1, -0.05) is 17.7 Å². The SMILES string of the molecule is Cc1ccc(N(C)C(=O)NC(CCC(N)=O)C(=O)O)cc1. The van der Waals surface area contributed by atoms with E-state index in [9.17, 15) is 14.4 Å². The minimum atomic E-state index is -1.21. The lowest BCUT2D eigenvalue weighted by molar-refractivity contribution is -0.139. The summed E-state index contributed by atoms with van der Waals surface area (Å²) in [4.78, 5) is 35.1. The zero-order valence-corrected chi connectivity index (χ0v) is 12.0. The number of nitrogens with two attached hydrogens (primary N) is 1. The van der Waals surface area contributed by atoms with Gasteiger partial charge in [0.15, 0.2) is 0 Å². The van der Waals surface area contributed by atoms with Crippen LogP contribution in [-0.4, -0.2) is 36.1 Å². The molecule has 0 heterocycles. The van der Waals surface area contributed by atoms with Crippen molar-refractivity contribution in [1.82, 2.24) is 5.32 Å². The molecule has 1 unspecified atom stereocenters. The number of aryl methyl sites for hydroxylation is 1. The fourth-order valence-electron chi connectivity index (χ4n) is 1.68. The molecule has 0 radical (unpaired) electrons. The van der Waals surface area contributed by atoms with Crippen LogP contribution in [0.5, 0.6) is 0 Å². The molecule has 4 N–H and O–H groups in total. The third-order valence-electron chi connectivity index (χ3n) is 3.00. The van der Waals surface area contributed by atoms with Crippen molar-refractivity contribution in [3.63, 3.8) is 0 Å². The Hall–Kier alpha value is -2.57. The second-order valence-corrected chi connectivity index (χ2v) is 4.74. The summed E-state index contributed by atoms with van der Waals surface area (Å²) in [5.74, 6) is -1.82. The van der Waals surface area contributed by atoms with E-state index in [2.05, 4.69) is 5.32 Å². The van der Waals surface area contributed by atoms with Gasteiger partial charge in [-0.2, -0.15) is 0 Å². The molecule has 1 aromatic carbocycles. The molecule has 1 aromatic rings. The van der Waals surface area contributed by atoms with Gasteiger partial charge in [-0.15, -0.1) is 0 Å². The molecule has 0 aliphatic heterocycles. The largest absolute Gasteiger partial charge is 0.480 e. The predicted octanol–water partition coefficient (Wildman–Crippen LogP) is 0.860. The summed E-state index contributed by atoms with van der Waals surface area (Å²) in [7, 11) is 1.53. The molecule has 0 aliphatic rings. The topological polar surface area (TPSA) is 113 Å². The molecule has 0 aliphatic carbocycles. The number of carboxylic acids is 1. The Bertz CT molecular complexity index is 528. The highest BCUT2D eigenvalue weighted by Crippen LogP contribution is 2.13. The quantitative estimate of drug-likeness (QED) is 0.722. The second-order valence-electron chi connectivity index (χ2n) is 4.74. The molecule has 114 valence electrons. The van der Waals surface area contributed by atoms with Crippen LogP contribution in [0.1, 0.15) is 18.4 Å². The van der Waals surface area contributed by atoms with Gasteiger partial charge in [-0.3, -0.25) is 9.69 Å². The third kappa shape index (κ3) is 5.13. The summed E-state index contributed by atoms with van der Waals surface area (Å²) < 4.78 is 0. The Balaban J connectivity index is 2.70. The molecular weight excluding hydrogens is 274 g/mol. The number of aliphatic carboxylic acids is 1. The minimum Gasteiger partial charge on any atom is -0.480 e. The fourth-order valence-corrected chi connectivity index (χ4v) is 1.68. The first-order valence-corrected chi connectivity index (χ1v) is 6.43. The van der Waals surface area contributed by atoms with Crippen LogP contribution in [0, 0.1) is 6.92 Å². The van der Waals surface area contributed by atoms with Crippen molar-refractivity contribution >= 4 is 23.6 Å². The van der Waals surface area contributed by atoms with Crippen LogP contribution in [0.25, 0.3) is 0 Å². The summed E-state index contributed by atoms with van der Waals surface area (Å²) in [6, 6.07) is 5.50. The Morgan fingerprint density at radius 1 is 1.29 bits per heavy atom. The maximum Gasteiger partial charge on any atom is 0.326 e. The van der Waals surface area contributed by atoms with Gasteiger partial charge in [0, 0.05) is 19.2 Å². The van der Waals surface area contributed by atoms with Crippen molar-refractivity contribution in [3.8, 4) is 0 Å². The summed E-state index contributed by atoms with van der Waals surface area (Å²) in [5, 5.41) is 11.4. The number of primary amides is 1. The summed E-state index contributed by atoms with van der Waals surface area (Å²) >= 11 is 0. The molecule has 0 bridgehead atoms. The molecule has 7 heteroatoms. The van der Waals surface area contributed by atoms with Crippen molar-refractivity contribution < 1.29 is 19.5 Å². The predicted molar refractivity (Wildman–Crippen MR) is 78.0 cm³/mol. The standard InChI is InChI=1S/C14H19N3O4/c1-9-3-5-10(6-4-9)17(2)14(21)16-11(13(19)20)7-8-12(15)18/h3-6,11H,7-8H2,1-2H3,(H2,15,18)(H,16,21)(H,19,20). The number of benzene rings is 1. The van der Waals surface area contributed by atoms with Crippen molar-refractivity contribution in [1.29, 1.82) is 0 Å². The van der Waals surface area contributed by atoms with E-state index in [0.29, 0.717) is 5.69 Å². The van der Waals surface area contributed by atoms with Gasteiger partial charge in [0.2, 0.25) is 5.91 Å². The minimum absolute atomic E-state index is 0.0435. The van der Waals surface area contributed by atoms with Crippen LogP contribution in [0.3, 0.4) is 0 Å². The highest BCUT2D eigenvalue weighted by Gasteiger charge is 2.22. The highest BCUT2D eigenvalue weighted by molar-refractivity contribution is 5.94. The number of hydrogen-bond acceptors (Lipinski definition) is 3. The number of nitrogens with zero attached hydrogens (tertiary/aromatic N) is 1. The van der Waals surface area contributed by atoms with Gasteiger partial charge in [0.05, 0.1) is 0 Å². The molecule has 3 amide bonds. The van der Waals surface area contributed by atoms with Crippen molar-refractivity contribution in [2.24, 2.45) is 5.73 Å². The first kappa shape index (κ1) is 16.5. The Kier molecular flexibility index (Phi) is 5.71. The molecule has 0 saturated heterocycles. The molecule has 0 saturated carbocycles. The van der Waals surface area contributed by atoms with Crippen molar-refractivity contribution in [2.75, 3.05) is 11.9 Å². The van der Waals surface area contributed by atoms with Gasteiger partial charge in [0.25, 0.3) is 0 Å². The number of carboxylic acid groups (broad SMARTS) is 1. The molecule has 0 spiro atoms. The van der Waals surface area contributed by atoms with Crippen LogP contribution < -0.4 is 16.0 Å². The van der Waals surface area contributed by atoms with Gasteiger partial charge >= 0.3 is 12.0 Å². The lowest BCUT2D eigenvalue weighted by Gasteiger charge is -2.21. The maximum atomic E-state index is 12.0. The van der Waals surface area contributed by atoms with Crippen molar-refractivity contribution in [2.45, 2.75) is 25.8 Å². The number of urea groups is 1. The normalized spacial score (nSPS) is 11.5. The van der Waals surface area contributed by atoms with Gasteiger partial charge < -0.3 is 16.2 Å². The molecule has 1 rings (SSSR count). The zero-order chi connectivity index (χ0) is 16.0. The van der Waals surface area contributed by atoms with Crippen LogP contribution in [-0.2, 0) is 9.59 Å². The number of hydrogen-bond donors (Lipinski definition) is 3.